The van der Waals surface area contributed by atoms with E-state index in [0.29, 0.717) is 31.0 Å². The molecule has 4 nitrogen and oxygen atoms in total. The summed E-state index contributed by atoms with van der Waals surface area (Å²) >= 11 is 0. The van der Waals surface area contributed by atoms with Crippen LogP contribution >= 0.6 is 0 Å². The Bertz CT molecular complexity index is 1300. The Labute approximate surface area is 173 Å². The SMILES string of the molecule is Cc1c2c(cc3c(-c4ccccc4)cc(=O)oc13)CN(Cc1ccccc1F)CO2. The summed E-state index contributed by atoms with van der Waals surface area (Å²) in [6.07, 6.45) is 0. The molecule has 0 atom stereocenters. The van der Waals surface area contributed by atoms with Crippen molar-refractivity contribution in [1.29, 1.82) is 0 Å². The van der Waals surface area contributed by atoms with Crippen LogP contribution in [0.2, 0.25) is 0 Å². The maximum Gasteiger partial charge on any atom is 0.336 e. The summed E-state index contributed by atoms with van der Waals surface area (Å²) in [5.74, 6) is 0.520. The van der Waals surface area contributed by atoms with E-state index in [0.717, 1.165) is 33.4 Å². The minimum atomic E-state index is -0.388. The average Bonchev–Trinajstić information content (AvgIpc) is 2.76. The predicted octanol–water partition coefficient (Wildman–Crippen LogP) is 5.26. The number of hydrogen-bond donors (Lipinski definition) is 0. The second kappa shape index (κ2) is 7.43. The first kappa shape index (κ1) is 18.6. The van der Waals surface area contributed by atoms with Gasteiger partial charge in [0.1, 0.15) is 23.9 Å². The monoisotopic (exact) mass is 401 g/mol. The molecular formula is C25H20FNO3. The molecule has 0 radical (unpaired) electrons. The molecule has 0 unspecified atom stereocenters. The van der Waals surface area contributed by atoms with Crippen molar-refractivity contribution in [2.45, 2.75) is 20.0 Å². The maximum absolute atomic E-state index is 14.1. The number of ether oxygens (including phenoxy) is 1. The normalized spacial score (nSPS) is 13.8. The largest absolute Gasteiger partial charge is 0.477 e. The van der Waals surface area contributed by atoms with E-state index in [1.807, 2.05) is 54.3 Å². The Morgan fingerprint density at radius 2 is 1.80 bits per heavy atom. The summed E-state index contributed by atoms with van der Waals surface area (Å²) < 4.78 is 25.7. The molecule has 150 valence electrons. The molecule has 0 fully saturated rings. The molecule has 1 aliphatic rings. The number of benzene rings is 3. The highest BCUT2D eigenvalue weighted by atomic mass is 19.1. The molecule has 0 saturated carbocycles. The Hall–Kier alpha value is -3.44. The molecule has 1 aromatic heterocycles. The summed E-state index contributed by atoms with van der Waals surface area (Å²) in [4.78, 5) is 14.3. The number of hydrogen-bond acceptors (Lipinski definition) is 4. The van der Waals surface area contributed by atoms with Crippen LogP contribution in [0, 0.1) is 12.7 Å². The molecular weight excluding hydrogens is 381 g/mol. The molecule has 4 aromatic rings. The Morgan fingerprint density at radius 3 is 2.60 bits per heavy atom. The van der Waals surface area contributed by atoms with E-state index in [9.17, 15) is 9.18 Å². The topological polar surface area (TPSA) is 42.7 Å². The summed E-state index contributed by atoms with van der Waals surface area (Å²) in [7, 11) is 0. The van der Waals surface area contributed by atoms with Crippen LogP contribution in [0.1, 0.15) is 16.7 Å². The van der Waals surface area contributed by atoms with Gasteiger partial charge in [-0.1, -0.05) is 48.5 Å². The fraction of sp³-hybridized carbons (Fsp3) is 0.160. The second-order valence-corrected chi connectivity index (χ2v) is 7.56. The summed E-state index contributed by atoms with van der Waals surface area (Å²) in [5, 5.41) is 0.869. The lowest BCUT2D eigenvalue weighted by Gasteiger charge is -2.30. The van der Waals surface area contributed by atoms with E-state index >= 15 is 0 Å². The summed E-state index contributed by atoms with van der Waals surface area (Å²) in [5.41, 5.74) is 4.38. The van der Waals surface area contributed by atoms with E-state index < -0.39 is 0 Å². The summed E-state index contributed by atoms with van der Waals surface area (Å²) in [6.45, 7) is 3.33. The molecule has 0 N–H and O–H groups in total. The fourth-order valence-corrected chi connectivity index (χ4v) is 4.09. The smallest absolute Gasteiger partial charge is 0.336 e. The van der Waals surface area contributed by atoms with Crippen molar-refractivity contribution in [1.82, 2.24) is 4.90 Å². The molecule has 0 amide bonds. The number of halogens is 1. The zero-order valence-electron chi connectivity index (χ0n) is 16.5. The second-order valence-electron chi connectivity index (χ2n) is 7.56. The lowest BCUT2D eigenvalue weighted by Crippen LogP contribution is -2.32. The van der Waals surface area contributed by atoms with Gasteiger partial charge in [0.25, 0.3) is 0 Å². The van der Waals surface area contributed by atoms with Gasteiger partial charge in [-0.2, -0.15) is 0 Å². The lowest BCUT2D eigenvalue weighted by molar-refractivity contribution is 0.0871. The van der Waals surface area contributed by atoms with Gasteiger partial charge in [-0.25, -0.2) is 9.18 Å². The molecule has 5 heteroatoms. The van der Waals surface area contributed by atoms with E-state index in [-0.39, 0.29) is 11.4 Å². The lowest BCUT2D eigenvalue weighted by atomic mass is 9.97. The highest BCUT2D eigenvalue weighted by Gasteiger charge is 2.24. The van der Waals surface area contributed by atoms with Crippen LogP contribution in [0.5, 0.6) is 5.75 Å². The van der Waals surface area contributed by atoms with Gasteiger partial charge in [0.2, 0.25) is 0 Å². The Kier molecular flexibility index (Phi) is 4.60. The Morgan fingerprint density at radius 1 is 1.03 bits per heavy atom. The third-order valence-electron chi connectivity index (χ3n) is 5.51. The highest BCUT2D eigenvalue weighted by Crippen LogP contribution is 2.38. The minimum absolute atomic E-state index is 0.217. The van der Waals surface area contributed by atoms with Gasteiger partial charge in [0.15, 0.2) is 0 Å². The van der Waals surface area contributed by atoms with Gasteiger partial charge in [-0.3, -0.25) is 4.90 Å². The zero-order chi connectivity index (χ0) is 20.7. The first-order valence-electron chi connectivity index (χ1n) is 9.84. The molecule has 1 aliphatic heterocycles. The summed E-state index contributed by atoms with van der Waals surface area (Å²) in [6, 6.07) is 20.1. The molecule has 3 aromatic carbocycles. The maximum atomic E-state index is 14.1. The molecule has 0 aliphatic carbocycles. The van der Waals surface area contributed by atoms with Crippen LogP contribution < -0.4 is 10.4 Å². The van der Waals surface area contributed by atoms with Gasteiger partial charge in [-0.05, 0) is 30.2 Å². The van der Waals surface area contributed by atoms with Crippen LogP contribution in [0.3, 0.4) is 0 Å². The van der Waals surface area contributed by atoms with Crippen molar-refractivity contribution in [2.75, 3.05) is 6.73 Å². The van der Waals surface area contributed by atoms with Crippen LogP contribution in [-0.2, 0) is 13.1 Å². The molecule has 0 saturated heterocycles. The molecule has 2 heterocycles. The number of rotatable bonds is 3. The van der Waals surface area contributed by atoms with E-state index in [1.54, 1.807) is 12.1 Å². The van der Waals surface area contributed by atoms with Crippen molar-refractivity contribution in [3.63, 3.8) is 0 Å². The number of aryl methyl sites for hydroxylation is 1. The predicted molar refractivity (Wildman–Crippen MR) is 114 cm³/mol. The first-order valence-corrected chi connectivity index (χ1v) is 9.84. The fourth-order valence-electron chi connectivity index (χ4n) is 4.09. The van der Waals surface area contributed by atoms with E-state index in [2.05, 4.69) is 0 Å². The van der Waals surface area contributed by atoms with Crippen molar-refractivity contribution < 1.29 is 13.5 Å². The van der Waals surface area contributed by atoms with Crippen LogP contribution in [0.4, 0.5) is 4.39 Å². The molecule has 30 heavy (non-hydrogen) atoms. The van der Waals surface area contributed by atoms with Crippen molar-refractivity contribution in [2.24, 2.45) is 0 Å². The van der Waals surface area contributed by atoms with Crippen LogP contribution in [-0.4, -0.2) is 11.6 Å². The first-order chi connectivity index (χ1) is 14.6. The van der Waals surface area contributed by atoms with E-state index in [1.165, 1.54) is 12.1 Å². The van der Waals surface area contributed by atoms with Crippen LogP contribution in [0.25, 0.3) is 22.1 Å². The van der Waals surface area contributed by atoms with Gasteiger partial charge in [0.05, 0.1) is 0 Å². The quantitative estimate of drug-likeness (QED) is 0.439. The number of nitrogens with zero attached hydrogens (tertiary/aromatic N) is 1. The average molecular weight is 401 g/mol. The molecule has 5 rings (SSSR count). The number of fused-ring (bicyclic) bond motifs is 2. The zero-order valence-corrected chi connectivity index (χ0v) is 16.5. The van der Waals surface area contributed by atoms with E-state index in [4.69, 9.17) is 9.15 Å². The molecule has 0 spiro atoms. The third-order valence-corrected chi connectivity index (χ3v) is 5.51. The van der Waals surface area contributed by atoms with Gasteiger partial charge < -0.3 is 9.15 Å². The highest BCUT2D eigenvalue weighted by molar-refractivity contribution is 5.96. The van der Waals surface area contributed by atoms with Gasteiger partial charge in [-0.15, -0.1) is 0 Å². The third kappa shape index (κ3) is 3.27. The van der Waals surface area contributed by atoms with Crippen molar-refractivity contribution >= 4 is 11.0 Å². The van der Waals surface area contributed by atoms with Crippen molar-refractivity contribution in [3.05, 3.63) is 99.7 Å². The van der Waals surface area contributed by atoms with Gasteiger partial charge in [0, 0.05) is 41.2 Å². The minimum Gasteiger partial charge on any atom is -0.477 e. The Balaban J connectivity index is 1.59. The standard InChI is InChI=1S/C25H20FNO3/c1-16-24-19(14-27(15-29-24)13-18-9-5-6-10-22(18)26)11-21-20(12-23(28)30-25(16)21)17-7-3-2-4-8-17/h2-12H,13-15H2,1H3. The molecule has 0 bridgehead atoms. The van der Waals surface area contributed by atoms with Crippen LogP contribution in [0.15, 0.2) is 75.9 Å². The van der Waals surface area contributed by atoms with Crippen molar-refractivity contribution in [3.8, 4) is 16.9 Å². The van der Waals surface area contributed by atoms with Gasteiger partial charge >= 0.3 is 5.63 Å².